The summed E-state index contributed by atoms with van der Waals surface area (Å²) in [6.45, 7) is 5.05. The van der Waals surface area contributed by atoms with E-state index >= 15 is 0 Å². The number of carbonyl (C=O) groups excluding carboxylic acids is 4. The van der Waals surface area contributed by atoms with Crippen molar-refractivity contribution < 1.29 is 47.3 Å². The number of rotatable bonds is 11. The molecule has 13 nitrogen and oxygen atoms in total. The van der Waals surface area contributed by atoms with Gasteiger partial charge < -0.3 is 23.7 Å². The molecule has 1 aromatic rings. The number of nitrogens with one attached hydrogen (secondary N) is 1. The third-order valence-corrected chi connectivity index (χ3v) is 4.97. The molecule has 14 heteroatoms. The molecule has 2 heterocycles. The molecular weight excluding hydrogens is 485 g/mol. The first-order valence-corrected chi connectivity index (χ1v) is 11.4. The van der Waals surface area contributed by atoms with Crippen molar-refractivity contribution in [2.24, 2.45) is 0 Å². The Morgan fingerprint density at radius 3 is 2.31 bits per heavy atom. The van der Waals surface area contributed by atoms with Crippen molar-refractivity contribution in [3.8, 4) is 0 Å². The van der Waals surface area contributed by atoms with E-state index in [2.05, 4.69) is 10.3 Å². The van der Waals surface area contributed by atoms with E-state index in [4.69, 9.17) is 23.7 Å². The molecule has 1 fully saturated rings. The van der Waals surface area contributed by atoms with Gasteiger partial charge in [-0.1, -0.05) is 26.2 Å². The predicted molar refractivity (Wildman–Crippen MR) is 119 cm³/mol. The summed E-state index contributed by atoms with van der Waals surface area (Å²) in [5, 5.41) is 2.07. The maximum atomic E-state index is 14.8. The summed E-state index contributed by atoms with van der Waals surface area (Å²) < 4.78 is 41.4. The molecule has 1 aliphatic heterocycles. The molecule has 1 amide bonds. The first-order valence-electron chi connectivity index (χ1n) is 11.4. The summed E-state index contributed by atoms with van der Waals surface area (Å²) in [6.07, 6.45) is -2.14. The van der Waals surface area contributed by atoms with Gasteiger partial charge in [0.1, 0.15) is 12.7 Å². The van der Waals surface area contributed by atoms with Crippen LogP contribution >= 0.6 is 0 Å². The number of ether oxygens (including phenoxy) is 5. The van der Waals surface area contributed by atoms with Gasteiger partial charge in [0, 0.05) is 20.8 Å². The summed E-state index contributed by atoms with van der Waals surface area (Å²) in [5.74, 6) is -4.02. The zero-order valence-corrected chi connectivity index (χ0v) is 20.5. The van der Waals surface area contributed by atoms with Gasteiger partial charge >= 0.3 is 29.7 Å². The summed E-state index contributed by atoms with van der Waals surface area (Å²) in [5.41, 5.74) is -1.08. The average Bonchev–Trinajstić information content (AvgIpc) is 3.10. The van der Waals surface area contributed by atoms with E-state index in [1.807, 2.05) is 6.92 Å². The number of nitrogens with zero attached hydrogens (tertiary/aromatic N) is 2. The largest absolute Gasteiger partial charge is 0.463 e. The Morgan fingerprint density at radius 1 is 1.03 bits per heavy atom. The van der Waals surface area contributed by atoms with Crippen LogP contribution in [0.25, 0.3) is 0 Å². The highest BCUT2D eigenvalue weighted by atomic mass is 19.1. The smallest absolute Gasteiger partial charge is 0.412 e. The van der Waals surface area contributed by atoms with Crippen molar-refractivity contribution in [3.05, 3.63) is 22.5 Å². The van der Waals surface area contributed by atoms with Crippen LogP contribution in [0.2, 0.25) is 0 Å². The number of aromatic nitrogens is 2. The lowest BCUT2D eigenvalue weighted by Crippen LogP contribution is -2.42. The normalized spacial score (nSPS) is 20.9. The van der Waals surface area contributed by atoms with E-state index in [0.29, 0.717) is 17.2 Å². The van der Waals surface area contributed by atoms with Crippen LogP contribution in [0, 0.1) is 5.82 Å². The first kappa shape index (κ1) is 28.7. The minimum atomic E-state index is -1.49. The van der Waals surface area contributed by atoms with Gasteiger partial charge in [-0.05, 0) is 6.42 Å². The van der Waals surface area contributed by atoms with E-state index in [-0.39, 0.29) is 6.61 Å². The number of carbonyl (C=O) groups is 4. The summed E-state index contributed by atoms with van der Waals surface area (Å²) in [4.78, 5) is 62.7. The lowest BCUT2D eigenvalue weighted by atomic mass is 10.1. The number of halogens is 1. The molecule has 0 aliphatic carbocycles. The molecule has 1 aliphatic rings. The molecular formula is C22H30FN3O10. The van der Waals surface area contributed by atoms with Gasteiger partial charge in [0.15, 0.2) is 30.1 Å². The molecule has 0 unspecified atom stereocenters. The van der Waals surface area contributed by atoms with Crippen molar-refractivity contribution >= 4 is 29.8 Å². The number of hydrogen-bond donors (Lipinski definition) is 1. The molecule has 200 valence electrons. The maximum absolute atomic E-state index is 14.8. The minimum Gasteiger partial charge on any atom is -0.463 e. The van der Waals surface area contributed by atoms with Gasteiger partial charge in [-0.2, -0.15) is 4.98 Å². The van der Waals surface area contributed by atoms with Crippen LogP contribution in [-0.2, 0) is 38.1 Å². The fourth-order valence-corrected chi connectivity index (χ4v) is 3.46. The van der Waals surface area contributed by atoms with Gasteiger partial charge in [0.2, 0.25) is 0 Å². The lowest BCUT2D eigenvalue weighted by molar-refractivity contribution is -0.166. The standard InChI is InChI=1S/C22H30FN3O10/c1-5-6-7-8-9-32-22(31)25-19-15(23)10-26(21(30)24-19)20-18(35-14(4)29)17(34-13(3)28)16(36-20)11-33-12(2)27/h10,16-18,20H,5-9,11H2,1-4H3,(H,24,25,30,31)/t16-,17-,18-,20-/m1/s1. The third kappa shape index (κ3) is 8.29. The van der Waals surface area contributed by atoms with Gasteiger partial charge in [-0.15, -0.1) is 0 Å². The molecule has 0 saturated carbocycles. The number of anilines is 1. The number of unbranched alkanes of at least 4 members (excludes halogenated alkanes) is 3. The summed E-state index contributed by atoms with van der Waals surface area (Å²) in [7, 11) is 0. The van der Waals surface area contributed by atoms with Crippen LogP contribution < -0.4 is 11.0 Å². The molecule has 1 aromatic heterocycles. The summed E-state index contributed by atoms with van der Waals surface area (Å²) >= 11 is 0. The SMILES string of the molecule is CCCCCCOC(=O)Nc1nc(=O)n([C@@H]2O[C@H](COC(C)=O)[C@@H](OC(C)=O)[C@H]2OC(C)=O)cc1F. The van der Waals surface area contributed by atoms with Crippen LogP contribution in [0.5, 0.6) is 0 Å². The van der Waals surface area contributed by atoms with Crippen LogP contribution in [0.1, 0.15) is 59.6 Å². The maximum Gasteiger partial charge on any atom is 0.412 e. The zero-order valence-electron chi connectivity index (χ0n) is 20.5. The Hall–Kier alpha value is -3.55. The predicted octanol–water partition coefficient (Wildman–Crippen LogP) is 1.84. The molecule has 2 rings (SSSR count). The highest BCUT2D eigenvalue weighted by Crippen LogP contribution is 2.34. The van der Waals surface area contributed by atoms with Crippen molar-refractivity contribution in [1.82, 2.24) is 9.55 Å². The Labute approximate surface area is 206 Å². The van der Waals surface area contributed by atoms with Crippen molar-refractivity contribution in [2.75, 3.05) is 18.5 Å². The van der Waals surface area contributed by atoms with Crippen LogP contribution in [0.3, 0.4) is 0 Å². The van der Waals surface area contributed by atoms with E-state index in [1.165, 1.54) is 0 Å². The Balaban J connectivity index is 2.26. The second kappa shape index (κ2) is 13.5. The molecule has 0 bridgehead atoms. The molecule has 0 radical (unpaired) electrons. The van der Waals surface area contributed by atoms with Crippen molar-refractivity contribution in [3.63, 3.8) is 0 Å². The van der Waals surface area contributed by atoms with Crippen molar-refractivity contribution in [1.29, 1.82) is 0 Å². The fraction of sp³-hybridized carbons (Fsp3) is 0.636. The van der Waals surface area contributed by atoms with E-state index in [9.17, 15) is 28.4 Å². The quantitative estimate of drug-likeness (QED) is 0.260. The van der Waals surface area contributed by atoms with Crippen molar-refractivity contribution in [2.45, 2.75) is 77.9 Å². The number of hydrogen-bond acceptors (Lipinski definition) is 11. The van der Waals surface area contributed by atoms with E-state index < -0.39 is 72.5 Å². The highest BCUT2D eigenvalue weighted by Gasteiger charge is 2.51. The molecule has 1 N–H and O–H groups in total. The van der Waals surface area contributed by atoms with Crippen LogP contribution in [0.15, 0.2) is 11.0 Å². The van der Waals surface area contributed by atoms with E-state index in [0.717, 1.165) is 40.0 Å². The second-order valence-corrected chi connectivity index (χ2v) is 7.96. The van der Waals surface area contributed by atoms with Crippen LogP contribution in [-0.4, -0.2) is 65.1 Å². The third-order valence-electron chi connectivity index (χ3n) is 4.97. The molecule has 0 aromatic carbocycles. The highest BCUT2D eigenvalue weighted by molar-refractivity contribution is 5.83. The zero-order chi connectivity index (χ0) is 26.8. The Bertz CT molecular complexity index is 1010. The Kier molecular flexibility index (Phi) is 10.8. The van der Waals surface area contributed by atoms with Gasteiger partial charge in [-0.3, -0.25) is 24.3 Å². The number of esters is 3. The topological polar surface area (TPSA) is 161 Å². The molecule has 1 saturated heterocycles. The molecule has 4 atom stereocenters. The molecule has 0 spiro atoms. The monoisotopic (exact) mass is 515 g/mol. The second-order valence-electron chi connectivity index (χ2n) is 7.96. The van der Waals surface area contributed by atoms with Gasteiger partial charge in [0.25, 0.3) is 0 Å². The summed E-state index contributed by atoms with van der Waals surface area (Å²) in [6, 6.07) is 0. The number of amides is 1. The Morgan fingerprint density at radius 2 is 1.69 bits per heavy atom. The van der Waals surface area contributed by atoms with Gasteiger partial charge in [0.05, 0.1) is 12.8 Å². The van der Waals surface area contributed by atoms with Gasteiger partial charge in [-0.25, -0.2) is 14.0 Å². The van der Waals surface area contributed by atoms with Crippen LogP contribution in [0.4, 0.5) is 15.0 Å². The first-order chi connectivity index (χ1) is 17.0. The minimum absolute atomic E-state index is 0.117. The molecule has 36 heavy (non-hydrogen) atoms. The lowest BCUT2D eigenvalue weighted by Gasteiger charge is -2.24. The fourth-order valence-electron chi connectivity index (χ4n) is 3.46. The van der Waals surface area contributed by atoms with E-state index in [1.54, 1.807) is 0 Å². The average molecular weight is 515 g/mol.